The van der Waals surface area contributed by atoms with Crippen LogP contribution in [-0.2, 0) is 6.42 Å². The normalized spacial score (nSPS) is 10.6. The lowest BCUT2D eigenvalue weighted by atomic mass is 10.3. The van der Waals surface area contributed by atoms with E-state index in [-0.39, 0.29) is 16.9 Å². The standard InChI is InChI=1S/C10H8ClNO4/c1-2-5-8(10(13)14)16-9(12-5)6-3-4-7(11)15-6/h3-4H,2H2,1H3,(H,13,14). The molecule has 0 aromatic carbocycles. The van der Waals surface area contributed by atoms with Crippen molar-refractivity contribution in [3.63, 3.8) is 0 Å². The van der Waals surface area contributed by atoms with Crippen molar-refractivity contribution in [1.29, 1.82) is 0 Å². The van der Waals surface area contributed by atoms with Gasteiger partial charge in [-0.3, -0.25) is 0 Å². The number of aromatic nitrogens is 1. The largest absolute Gasteiger partial charge is 0.475 e. The van der Waals surface area contributed by atoms with Crippen LogP contribution in [0.25, 0.3) is 11.7 Å². The average molecular weight is 242 g/mol. The zero-order valence-corrected chi connectivity index (χ0v) is 9.11. The molecule has 2 aromatic heterocycles. The molecule has 0 aliphatic carbocycles. The Kier molecular flexibility index (Phi) is 2.70. The molecule has 2 heterocycles. The van der Waals surface area contributed by atoms with Crippen LogP contribution in [0.15, 0.2) is 21.0 Å². The molecule has 0 saturated carbocycles. The highest BCUT2D eigenvalue weighted by molar-refractivity contribution is 6.28. The van der Waals surface area contributed by atoms with Gasteiger partial charge in [-0.25, -0.2) is 9.78 Å². The summed E-state index contributed by atoms with van der Waals surface area (Å²) in [5.74, 6) is -0.869. The second-order valence-electron chi connectivity index (χ2n) is 3.06. The quantitative estimate of drug-likeness (QED) is 0.894. The van der Waals surface area contributed by atoms with Gasteiger partial charge < -0.3 is 13.9 Å². The number of furan rings is 1. The minimum Gasteiger partial charge on any atom is -0.475 e. The van der Waals surface area contributed by atoms with Crippen molar-refractivity contribution in [1.82, 2.24) is 4.98 Å². The summed E-state index contributed by atoms with van der Waals surface area (Å²) in [5, 5.41) is 9.07. The van der Waals surface area contributed by atoms with Crippen molar-refractivity contribution in [3.8, 4) is 11.7 Å². The second kappa shape index (κ2) is 4.02. The predicted octanol–water partition coefficient (Wildman–Crippen LogP) is 2.85. The first-order chi connectivity index (χ1) is 7.61. The first-order valence-corrected chi connectivity index (χ1v) is 4.98. The highest BCUT2D eigenvalue weighted by Gasteiger charge is 2.20. The molecule has 6 heteroatoms. The molecular weight excluding hydrogens is 234 g/mol. The van der Waals surface area contributed by atoms with E-state index in [0.717, 1.165) is 0 Å². The lowest BCUT2D eigenvalue weighted by Crippen LogP contribution is -1.98. The smallest absolute Gasteiger partial charge is 0.373 e. The van der Waals surface area contributed by atoms with Crippen molar-refractivity contribution in [2.24, 2.45) is 0 Å². The number of rotatable bonds is 3. The van der Waals surface area contributed by atoms with Crippen LogP contribution in [0.4, 0.5) is 0 Å². The molecule has 0 saturated heterocycles. The summed E-state index contributed by atoms with van der Waals surface area (Å²) in [6.45, 7) is 1.79. The van der Waals surface area contributed by atoms with Crippen LogP contribution in [0.3, 0.4) is 0 Å². The van der Waals surface area contributed by atoms with E-state index in [9.17, 15) is 4.79 Å². The first kappa shape index (κ1) is 10.8. The Bertz CT molecular complexity index is 529. The maximum Gasteiger partial charge on any atom is 0.373 e. The summed E-state index contributed by atoms with van der Waals surface area (Å²) >= 11 is 5.60. The third kappa shape index (κ3) is 1.81. The van der Waals surface area contributed by atoms with Crippen LogP contribution in [0.1, 0.15) is 23.2 Å². The fourth-order valence-electron chi connectivity index (χ4n) is 1.29. The van der Waals surface area contributed by atoms with E-state index in [2.05, 4.69) is 4.98 Å². The van der Waals surface area contributed by atoms with Gasteiger partial charge in [0, 0.05) is 0 Å². The molecule has 0 spiro atoms. The molecule has 84 valence electrons. The van der Waals surface area contributed by atoms with Crippen LogP contribution in [0.2, 0.25) is 5.22 Å². The van der Waals surface area contributed by atoms with E-state index >= 15 is 0 Å². The summed E-state index contributed by atoms with van der Waals surface area (Å²) in [7, 11) is 0. The third-order valence-corrected chi connectivity index (χ3v) is 2.21. The number of aromatic carboxylic acids is 1. The lowest BCUT2D eigenvalue weighted by Gasteiger charge is -1.88. The zero-order valence-electron chi connectivity index (χ0n) is 8.36. The summed E-state index contributed by atoms with van der Waals surface area (Å²) in [4.78, 5) is 14.9. The van der Waals surface area contributed by atoms with Gasteiger partial charge in [0.1, 0.15) is 0 Å². The van der Waals surface area contributed by atoms with Crippen LogP contribution >= 0.6 is 11.6 Å². The Labute approximate surface area is 95.7 Å². The van der Waals surface area contributed by atoms with E-state index in [1.54, 1.807) is 13.0 Å². The molecule has 2 rings (SSSR count). The van der Waals surface area contributed by atoms with Gasteiger partial charge in [-0.15, -0.1) is 0 Å². The van der Waals surface area contributed by atoms with Gasteiger partial charge in [-0.05, 0) is 30.2 Å². The summed E-state index contributed by atoms with van der Waals surface area (Å²) in [5.41, 5.74) is 0.384. The number of hydrogen-bond donors (Lipinski definition) is 1. The van der Waals surface area contributed by atoms with Crippen LogP contribution in [0, 0.1) is 0 Å². The van der Waals surface area contributed by atoms with Gasteiger partial charge in [-0.1, -0.05) is 6.92 Å². The Balaban J connectivity index is 2.47. The number of carboxylic acids is 1. The summed E-state index contributed by atoms with van der Waals surface area (Å²) in [6, 6.07) is 3.10. The molecule has 0 atom stereocenters. The molecule has 0 amide bonds. The molecule has 0 bridgehead atoms. The summed E-state index contributed by atoms with van der Waals surface area (Å²) in [6.07, 6.45) is 0.472. The van der Waals surface area contributed by atoms with Crippen molar-refractivity contribution in [2.45, 2.75) is 13.3 Å². The number of halogens is 1. The van der Waals surface area contributed by atoms with Gasteiger partial charge in [0.2, 0.25) is 5.76 Å². The average Bonchev–Trinajstić information content (AvgIpc) is 2.82. The molecule has 0 fully saturated rings. The van der Waals surface area contributed by atoms with E-state index in [1.165, 1.54) is 6.07 Å². The topological polar surface area (TPSA) is 76.5 Å². The SMILES string of the molecule is CCc1nc(-c2ccc(Cl)o2)oc1C(=O)O. The maximum absolute atomic E-state index is 10.8. The van der Waals surface area contributed by atoms with Crippen LogP contribution in [-0.4, -0.2) is 16.1 Å². The molecular formula is C10H8ClNO4. The zero-order chi connectivity index (χ0) is 11.7. The van der Waals surface area contributed by atoms with Crippen molar-refractivity contribution in [3.05, 3.63) is 28.8 Å². The van der Waals surface area contributed by atoms with Crippen LogP contribution < -0.4 is 0 Å². The molecule has 1 N–H and O–H groups in total. The van der Waals surface area contributed by atoms with Gasteiger partial charge in [0.25, 0.3) is 5.89 Å². The van der Waals surface area contributed by atoms with Crippen molar-refractivity contribution < 1.29 is 18.7 Å². The Morgan fingerprint density at radius 3 is 2.69 bits per heavy atom. The number of carbonyl (C=O) groups is 1. The Morgan fingerprint density at radius 2 is 2.25 bits per heavy atom. The van der Waals surface area contributed by atoms with Crippen molar-refractivity contribution in [2.75, 3.05) is 0 Å². The Morgan fingerprint density at radius 1 is 1.50 bits per heavy atom. The fourth-order valence-corrected chi connectivity index (χ4v) is 1.44. The molecule has 5 nitrogen and oxygen atoms in total. The number of oxazole rings is 1. The van der Waals surface area contributed by atoms with E-state index in [1.807, 2.05) is 0 Å². The van der Waals surface area contributed by atoms with E-state index in [4.69, 9.17) is 25.5 Å². The van der Waals surface area contributed by atoms with Gasteiger partial charge in [0.05, 0.1) is 5.69 Å². The second-order valence-corrected chi connectivity index (χ2v) is 3.43. The van der Waals surface area contributed by atoms with Gasteiger partial charge >= 0.3 is 5.97 Å². The molecule has 0 radical (unpaired) electrons. The minimum atomic E-state index is -1.15. The molecule has 0 aliphatic heterocycles. The molecule has 0 unspecified atom stereocenters. The lowest BCUT2D eigenvalue weighted by molar-refractivity contribution is 0.0661. The van der Waals surface area contributed by atoms with E-state index < -0.39 is 5.97 Å². The monoisotopic (exact) mass is 241 g/mol. The molecule has 2 aromatic rings. The minimum absolute atomic E-state index is 0.126. The summed E-state index contributed by atoms with van der Waals surface area (Å²) < 4.78 is 10.2. The molecule has 0 aliphatic rings. The van der Waals surface area contributed by atoms with Gasteiger partial charge in [0.15, 0.2) is 11.0 Å². The number of hydrogen-bond acceptors (Lipinski definition) is 4. The Hall–Kier alpha value is -1.75. The van der Waals surface area contributed by atoms with Gasteiger partial charge in [-0.2, -0.15) is 0 Å². The van der Waals surface area contributed by atoms with Crippen molar-refractivity contribution >= 4 is 17.6 Å². The number of aryl methyl sites for hydroxylation is 1. The maximum atomic E-state index is 10.8. The molecule has 16 heavy (non-hydrogen) atoms. The number of carboxylic acid groups (broad SMARTS) is 1. The third-order valence-electron chi connectivity index (χ3n) is 2.01. The fraction of sp³-hybridized carbons (Fsp3) is 0.200. The van der Waals surface area contributed by atoms with Crippen LogP contribution in [0.5, 0.6) is 0 Å². The highest BCUT2D eigenvalue weighted by Crippen LogP contribution is 2.26. The first-order valence-electron chi connectivity index (χ1n) is 4.60. The predicted molar refractivity (Wildman–Crippen MR) is 55.6 cm³/mol. The highest BCUT2D eigenvalue weighted by atomic mass is 35.5. The van der Waals surface area contributed by atoms with E-state index in [0.29, 0.717) is 17.9 Å². The number of nitrogens with zero attached hydrogens (tertiary/aromatic N) is 1.